The molecule has 118 valence electrons. The molecule has 0 saturated carbocycles. The van der Waals surface area contributed by atoms with Gasteiger partial charge in [0.1, 0.15) is 13.2 Å². The Balaban J connectivity index is 2.67. The molecule has 1 aromatic heterocycles. The first-order valence-corrected chi connectivity index (χ1v) is 7.91. The van der Waals surface area contributed by atoms with E-state index in [4.69, 9.17) is 5.11 Å². The number of nitrogens with one attached hydrogen (secondary N) is 1. The van der Waals surface area contributed by atoms with E-state index in [2.05, 4.69) is 11.8 Å². The van der Waals surface area contributed by atoms with Crippen molar-refractivity contribution in [1.29, 1.82) is 0 Å². The number of hydrogen-bond acceptors (Lipinski definition) is 4. The third-order valence-electron chi connectivity index (χ3n) is 2.21. The van der Waals surface area contributed by atoms with E-state index in [1.54, 1.807) is 11.4 Å². The lowest BCUT2D eigenvalue weighted by atomic mass is 10.3. The average molecular weight is 342 g/mol. The van der Waals surface area contributed by atoms with Crippen molar-refractivity contribution < 1.29 is 26.7 Å². The SMILES string of the molecule is CN(Cc1cc(C#CCO)cs1)S(=O)(=O)NCC(F)(F)F. The second-order valence-corrected chi connectivity index (χ2v) is 6.82. The highest BCUT2D eigenvalue weighted by Gasteiger charge is 2.30. The van der Waals surface area contributed by atoms with Gasteiger partial charge in [-0.25, -0.2) is 0 Å². The topological polar surface area (TPSA) is 69.6 Å². The van der Waals surface area contributed by atoms with Gasteiger partial charge in [-0.2, -0.15) is 30.6 Å². The largest absolute Gasteiger partial charge is 0.402 e. The Kier molecular flexibility index (Phi) is 6.18. The zero-order valence-corrected chi connectivity index (χ0v) is 12.6. The fourth-order valence-electron chi connectivity index (χ4n) is 1.26. The summed E-state index contributed by atoms with van der Waals surface area (Å²) in [5.41, 5.74) is 0.609. The fraction of sp³-hybridized carbons (Fsp3) is 0.455. The minimum atomic E-state index is -4.61. The third-order valence-corrected chi connectivity index (χ3v) is 4.59. The van der Waals surface area contributed by atoms with Crippen LogP contribution >= 0.6 is 11.3 Å². The minimum Gasteiger partial charge on any atom is -0.384 e. The van der Waals surface area contributed by atoms with Crippen LogP contribution in [-0.4, -0.2) is 44.2 Å². The van der Waals surface area contributed by atoms with Crippen molar-refractivity contribution in [2.75, 3.05) is 20.2 Å². The smallest absolute Gasteiger partial charge is 0.384 e. The summed E-state index contributed by atoms with van der Waals surface area (Å²) in [5.74, 6) is 5.09. The summed E-state index contributed by atoms with van der Waals surface area (Å²) in [4.78, 5) is 0.622. The van der Waals surface area contributed by atoms with Crippen molar-refractivity contribution >= 4 is 21.5 Å². The molecule has 0 aliphatic carbocycles. The Hall–Kier alpha value is -1.12. The maximum absolute atomic E-state index is 12.0. The predicted molar refractivity (Wildman–Crippen MR) is 72.7 cm³/mol. The molecule has 21 heavy (non-hydrogen) atoms. The van der Waals surface area contributed by atoms with Crippen molar-refractivity contribution in [2.24, 2.45) is 0 Å². The lowest BCUT2D eigenvalue weighted by Gasteiger charge is -2.17. The molecule has 0 aromatic carbocycles. The molecule has 0 bridgehead atoms. The first-order chi connectivity index (χ1) is 9.64. The average Bonchev–Trinajstić information content (AvgIpc) is 2.81. The van der Waals surface area contributed by atoms with Gasteiger partial charge in [0.25, 0.3) is 10.2 Å². The number of aliphatic hydroxyl groups is 1. The van der Waals surface area contributed by atoms with E-state index in [9.17, 15) is 21.6 Å². The second kappa shape index (κ2) is 7.24. The summed E-state index contributed by atoms with van der Waals surface area (Å²) in [6, 6.07) is 1.61. The van der Waals surface area contributed by atoms with Crippen LogP contribution in [0.25, 0.3) is 0 Å². The van der Waals surface area contributed by atoms with Crippen LogP contribution < -0.4 is 4.72 Å². The number of alkyl halides is 3. The monoisotopic (exact) mass is 342 g/mol. The molecular weight excluding hydrogens is 329 g/mol. The van der Waals surface area contributed by atoms with Crippen molar-refractivity contribution in [2.45, 2.75) is 12.7 Å². The first kappa shape index (κ1) is 17.9. The summed E-state index contributed by atoms with van der Waals surface area (Å²) in [5, 5.41) is 10.2. The van der Waals surface area contributed by atoms with Crippen molar-refractivity contribution in [3.05, 3.63) is 21.9 Å². The summed E-state index contributed by atoms with van der Waals surface area (Å²) in [7, 11) is -3.03. The number of thiophene rings is 1. The van der Waals surface area contributed by atoms with Gasteiger partial charge in [0, 0.05) is 29.4 Å². The fourth-order valence-corrected chi connectivity index (χ4v) is 3.08. The highest BCUT2D eigenvalue weighted by molar-refractivity contribution is 7.87. The number of rotatable bonds is 5. The molecule has 0 radical (unpaired) electrons. The maximum atomic E-state index is 12.0. The molecule has 0 amide bonds. The van der Waals surface area contributed by atoms with Crippen LogP contribution in [0.5, 0.6) is 0 Å². The highest BCUT2D eigenvalue weighted by atomic mass is 32.2. The van der Waals surface area contributed by atoms with Crippen LogP contribution in [-0.2, 0) is 16.8 Å². The van der Waals surface area contributed by atoms with Crippen LogP contribution in [0.15, 0.2) is 11.4 Å². The Morgan fingerprint density at radius 2 is 2.14 bits per heavy atom. The number of hydrogen-bond donors (Lipinski definition) is 2. The maximum Gasteiger partial charge on any atom is 0.402 e. The molecule has 1 heterocycles. The molecule has 0 spiro atoms. The van der Waals surface area contributed by atoms with Gasteiger partial charge in [-0.1, -0.05) is 11.8 Å². The Bertz CT molecular complexity index is 629. The van der Waals surface area contributed by atoms with Crippen molar-refractivity contribution in [3.8, 4) is 11.8 Å². The Labute approximate surface area is 124 Å². The molecule has 5 nitrogen and oxygen atoms in total. The minimum absolute atomic E-state index is 0.0708. The summed E-state index contributed by atoms with van der Waals surface area (Å²) in [6.07, 6.45) is -4.61. The molecule has 1 rings (SSSR count). The standard InChI is InChI=1S/C11H13F3N2O3S2/c1-16(21(18,19)15-8-11(12,13)14)6-10-5-9(7-20-10)3-2-4-17/h5,7,15,17H,4,6,8H2,1H3. The molecule has 1 aromatic rings. The Morgan fingerprint density at radius 1 is 1.48 bits per heavy atom. The van der Waals surface area contributed by atoms with E-state index in [-0.39, 0.29) is 13.2 Å². The molecule has 0 saturated heterocycles. The van der Waals surface area contributed by atoms with E-state index >= 15 is 0 Å². The molecule has 0 aliphatic heterocycles. The van der Waals surface area contributed by atoms with E-state index in [0.717, 1.165) is 4.31 Å². The van der Waals surface area contributed by atoms with Gasteiger partial charge in [0.05, 0.1) is 0 Å². The van der Waals surface area contributed by atoms with Crippen LogP contribution in [0, 0.1) is 11.8 Å². The van der Waals surface area contributed by atoms with Gasteiger partial charge in [0.2, 0.25) is 0 Å². The van der Waals surface area contributed by atoms with Crippen molar-refractivity contribution in [1.82, 2.24) is 9.03 Å². The normalized spacial score (nSPS) is 12.3. The lowest BCUT2D eigenvalue weighted by Crippen LogP contribution is -2.42. The number of halogens is 3. The first-order valence-electron chi connectivity index (χ1n) is 5.59. The molecule has 10 heteroatoms. The van der Waals surface area contributed by atoms with Gasteiger partial charge >= 0.3 is 6.18 Å². The van der Waals surface area contributed by atoms with E-state index in [1.165, 1.54) is 23.1 Å². The zero-order chi connectivity index (χ0) is 16.1. The molecule has 0 fully saturated rings. The van der Waals surface area contributed by atoms with E-state index < -0.39 is 22.9 Å². The molecule has 0 atom stereocenters. The summed E-state index contributed by atoms with van der Waals surface area (Å²) < 4.78 is 61.6. The number of nitrogens with zero attached hydrogens (tertiary/aromatic N) is 1. The van der Waals surface area contributed by atoms with Gasteiger partial charge in [-0.15, -0.1) is 11.3 Å². The van der Waals surface area contributed by atoms with Crippen molar-refractivity contribution in [3.63, 3.8) is 0 Å². The van der Waals surface area contributed by atoms with Gasteiger partial charge < -0.3 is 5.11 Å². The van der Waals surface area contributed by atoms with E-state index in [1.807, 2.05) is 0 Å². The van der Waals surface area contributed by atoms with Crippen LogP contribution in [0.3, 0.4) is 0 Å². The van der Waals surface area contributed by atoms with Gasteiger partial charge in [-0.3, -0.25) is 0 Å². The predicted octanol–water partition coefficient (Wildman–Crippen LogP) is 0.920. The van der Waals surface area contributed by atoms with Gasteiger partial charge in [0.15, 0.2) is 0 Å². The quantitative estimate of drug-likeness (QED) is 0.782. The second-order valence-electron chi connectivity index (χ2n) is 3.96. The zero-order valence-electron chi connectivity index (χ0n) is 10.9. The van der Waals surface area contributed by atoms with E-state index in [0.29, 0.717) is 10.4 Å². The lowest BCUT2D eigenvalue weighted by molar-refractivity contribution is -0.121. The molecule has 0 unspecified atom stereocenters. The summed E-state index contributed by atoms with van der Waals surface area (Å²) >= 11 is 1.23. The van der Waals surface area contributed by atoms with Gasteiger partial charge in [-0.05, 0) is 6.07 Å². The Morgan fingerprint density at radius 3 is 2.71 bits per heavy atom. The molecule has 2 N–H and O–H groups in total. The van der Waals surface area contributed by atoms with Crippen LogP contribution in [0.1, 0.15) is 10.4 Å². The molecular formula is C11H13F3N2O3S2. The highest BCUT2D eigenvalue weighted by Crippen LogP contribution is 2.17. The number of aliphatic hydroxyl groups excluding tert-OH is 1. The van der Waals surface area contributed by atoms with Crippen LogP contribution in [0.2, 0.25) is 0 Å². The van der Waals surface area contributed by atoms with Crippen LogP contribution in [0.4, 0.5) is 13.2 Å². The third kappa shape index (κ3) is 6.45. The molecule has 0 aliphatic rings. The summed E-state index contributed by atoms with van der Waals surface area (Å²) in [6.45, 7) is -1.98.